The minimum Gasteiger partial charge on any atom is -0.321 e. The van der Waals surface area contributed by atoms with Crippen LogP contribution < -0.4 is 5.73 Å². The van der Waals surface area contributed by atoms with E-state index in [1.165, 1.54) is 26.0 Å². The molecule has 0 amide bonds. The summed E-state index contributed by atoms with van der Waals surface area (Å²) in [6.45, 7) is 2.83. The second kappa shape index (κ2) is 4.25. The molecule has 1 rings (SSSR count). The highest BCUT2D eigenvalue weighted by molar-refractivity contribution is 6.02. The highest BCUT2D eigenvalue weighted by Crippen LogP contribution is 2.33. The molecular weight excluding hydrogens is 219 g/mol. The van der Waals surface area contributed by atoms with Crippen LogP contribution in [0.15, 0.2) is 18.2 Å². The van der Waals surface area contributed by atoms with Gasteiger partial charge in [-0.05, 0) is 25.5 Å². The Morgan fingerprint density at radius 3 is 2.38 bits per heavy atom. The van der Waals surface area contributed by atoms with Crippen LogP contribution in [0.1, 0.15) is 28.4 Å². The average Bonchev–Trinajstić information content (AvgIpc) is 2.14. The zero-order chi connectivity index (χ0) is 12.5. The van der Waals surface area contributed by atoms with Crippen molar-refractivity contribution in [1.29, 1.82) is 0 Å². The van der Waals surface area contributed by atoms with Crippen molar-refractivity contribution >= 4 is 5.78 Å². The van der Waals surface area contributed by atoms with Crippen LogP contribution in [-0.2, 0) is 6.18 Å². The summed E-state index contributed by atoms with van der Waals surface area (Å²) in [7, 11) is 0. The Bertz CT molecular complexity index is 410. The van der Waals surface area contributed by atoms with Gasteiger partial charge in [-0.3, -0.25) is 4.79 Å². The van der Waals surface area contributed by atoms with E-state index >= 15 is 0 Å². The van der Waals surface area contributed by atoms with E-state index in [2.05, 4.69) is 0 Å². The van der Waals surface area contributed by atoms with Crippen molar-refractivity contribution in [1.82, 2.24) is 0 Å². The molecule has 0 spiro atoms. The lowest BCUT2D eigenvalue weighted by Gasteiger charge is -2.15. The Hall–Kier alpha value is -1.36. The molecule has 0 bridgehead atoms. The fraction of sp³-hybridized carbons (Fsp3) is 0.364. The largest absolute Gasteiger partial charge is 0.417 e. The molecule has 0 aromatic heterocycles. The lowest BCUT2D eigenvalue weighted by Crippen LogP contribution is -2.29. The Balaban J connectivity index is 3.41. The summed E-state index contributed by atoms with van der Waals surface area (Å²) in [5, 5.41) is 0. The number of rotatable bonds is 2. The quantitative estimate of drug-likeness (QED) is 0.795. The van der Waals surface area contributed by atoms with E-state index in [1.54, 1.807) is 0 Å². The summed E-state index contributed by atoms with van der Waals surface area (Å²) in [6, 6.07) is 2.69. The molecule has 1 atom stereocenters. The van der Waals surface area contributed by atoms with E-state index in [9.17, 15) is 18.0 Å². The first kappa shape index (κ1) is 12.7. The summed E-state index contributed by atoms with van der Waals surface area (Å²) in [5.74, 6) is -0.689. The van der Waals surface area contributed by atoms with E-state index in [0.717, 1.165) is 6.07 Å². The summed E-state index contributed by atoms with van der Waals surface area (Å²) in [4.78, 5) is 11.6. The molecule has 0 fully saturated rings. The summed E-state index contributed by atoms with van der Waals surface area (Å²) < 4.78 is 38.0. The van der Waals surface area contributed by atoms with Gasteiger partial charge in [0.25, 0.3) is 0 Å². The third-order valence-corrected chi connectivity index (χ3v) is 2.24. The van der Waals surface area contributed by atoms with Gasteiger partial charge in [-0.1, -0.05) is 12.1 Å². The third-order valence-electron chi connectivity index (χ3n) is 2.24. The van der Waals surface area contributed by atoms with Crippen LogP contribution in [0.5, 0.6) is 0 Å². The number of hydrogen-bond acceptors (Lipinski definition) is 2. The van der Waals surface area contributed by atoms with E-state index in [1.807, 2.05) is 0 Å². The maximum Gasteiger partial charge on any atom is 0.417 e. The minimum atomic E-state index is -4.54. The molecule has 2 nitrogen and oxygen atoms in total. The average molecular weight is 231 g/mol. The molecule has 0 aliphatic rings. The number of hydrogen-bond donors (Lipinski definition) is 1. The van der Waals surface area contributed by atoms with Crippen molar-refractivity contribution in [2.75, 3.05) is 0 Å². The lowest BCUT2D eigenvalue weighted by molar-refractivity contribution is -0.138. The summed E-state index contributed by atoms with van der Waals surface area (Å²) >= 11 is 0. The van der Waals surface area contributed by atoms with Crippen LogP contribution in [0.2, 0.25) is 0 Å². The molecule has 2 N–H and O–H groups in total. The van der Waals surface area contributed by atoms with E-state index in [0.29, 0.717) is 0 Å². The predicted molar refractivity (Wildman–Crippen MR) is 54.2 cm³/mol. The summed E-state index contributed by atoms with van der Waals surface area (Å²) in [6.07, 6.45) is -4.54. The van der Waals surface area contributed by atoms with Gasteiger partial charge in [0.1, 0.15) is 0 Å². The zero-order valence-corrected chi connectivity index (χ0v) is 8.93. The van der Waals surface area contributed by atoms with Gasteiger partial charge >= 0.3 is 6.18 Å². The van der Waals surface area contributed by atoms with Crippen molar-refractivity contribution < 1.29 is 18.0 Å². The zero-order valence-electron chi connectivity index (χ0n) is 8.93. The number of halogens is 3. The van der Waals surface area contributed by atoms with Crippen molar-refractivity contribution in [3.8, 4) is 0 Å². The number of Topliss-reactive ketones (excluding diaryl/α,β-unsaturated/α-hetero) is 1. The Morgan fingerprint density at radius 1 is 1.38 bits per heavy atom. The molecule has 1 aromatic rings. The molecule has 16 heavy (non-hydrogen) atoms. The highest BCUT2D eigenvalue weighted by atomic mass is 19.4. The second-order valence-corrected chi connectivity index (χ2v) is 3.65. The fourth-order valence-electron chi connectivity index (χ4n) is 1.46. The number of carbonyl (C=O) groups excluding carboxylic acids is 1. The fourth-order valence-corrected chi connectivity index (χ4v) is 1.46. The number of nitrogens with two attached hydrogens (primary N) is 1. The van der Waals surface area contributed by atoms with Gasteiger partial charge in [0.2, 0.25) is 0 Å². The van der Waals surface area contributed by atoms with Crippen molar-refractivity contribution in [2.45, 2.75) is 26.1 Å². The maximum absolute atomic E-state index is 12.7. The van der Waals surface area contributed by atoms with E-state index < -0.39 is 23.6 Å². The van der Waals surface area contributed by atoms with Gasteiger partial charge in [0.15, 0.2) is 5.78 Å². The molecule has 0 aliphatic heterocycles. The molecule has 0 heterocycles. The standard InChI is InChI=1S/C11H12F3NO/c1-6-4-3-5-8(11(12,13)14)9(6)10(16)7(2)15/h3-5,7H,15H2,1-2H3. The first-order chi connectivity index (χ1) is 7.25. The maximum atomic E-state index is 12.7. The monoisotopic (exact) mass is 231 g/mol. The highest BCUT2D eigenvalue weighted by Gasteiger charge is 2.36. The van der Waals surface area contributed by atoms with Crippen molar-refractivity contribution in [2.24, 2.45) is 5.73 Å². The van der Waals surface area contributed by atoms with Gasteiger partial charge in [0.05, 0.1) is 11.6 Å². The predicted octanol–water partition coefficient (Wildman–Crippen LogP) is 2.54. The van der Waals surface area contributed by atoms with E-state index in [-0.39, 0.29) is 11.1 Å². The molecule has 1 unspecified atom stereocenters. The third kappa shape index (κ3) is 2.41. The number of carbonyl (C=O) groups is 1. The number of alkyl halides is 3. The Kier molecular flexibility index (Phi) is 3.38. The van der Waals surface area contributed by atoms with Crippen LogP contribution >= 0.6 is 0 Å². The van der Waals surface area contributed by atoms with Crippen LogP contribution in [0.4, 0.5) is 13.2 Å². The molecule has 1 aromatic carbocycles. The van der Waals surface area contributed by atoms with E-state index in [4.69, 9.17) is 5.73 Å². The van der Waals surface area contributed by atoms with Gasteiger partial charge in [-0.15, -0.1) is 0 Å². The molecule has 0 saturated heterocycles. The molecule has 5 heteroatoms. The van der Waals surface area contributed by atoms with Crippen molar-refractivity contribution in [3.63, 3.8) is 0 Å². The second-order valence-electron chi connectivity index (χ2n) is 3.65. The number of aryl methyl sites for hydroxylation is 1. The van der Waals surface area contributed by atoms with Crippen LogP contribution in [0.25, 0.3) is 0 Å². The van der Waals surface area contributed by atoms with Gasteiger partial charge in [0, 0.05) is 5.56 Å². The van der Waals surface area contributed by atoms with Crippen LogP contribution in [0, 0.1) is 6.92 Å². The molecular formula is C11H12F3NO. The lowest BCUT2D eigenvalue weighted by atomic mass is 9.95. The summed E-state index contributed by atoms with van der Waals surface area (Å²) in [5.41, 5.74) is 4.37. The Labute approximate surface area is 91.3 Å². The topological polar surface area (TPSA) is 43.1 Å². The first-order valence-electron chi connectivity index (χ1n) is 4.71. The SMILES string of the molecule is Cc1cccc(C(F)(F)F)c1C(=O)C(C)N. The van der Waals surface area contributed by atoms with Gasteiger partial charge in [-0.2, -0.15) is 13.2 Å². The molecule has 0 radical (unpaired) electrons. The normalized spacial score (nSPS) is 13.6. The molecule has 0 aliphatic carbocycles. The van der Waals surface area contributed by atoms with Crippen LogP contribution in [-0.4, -0.2) is 11.8 Å². The van der Waals surface area contributed by atoms with Crippen LogP contribution in [0.3, 0.4) is 0 Å². The Morgan fingerprint density at radius 2 is 1.94 bits per heavy atom. The van der Waals surface area contributed by atoms with Gasteiger partial charge in [-0.25, -0.2) is 0 Å². The number of ketones is 1. The molecule has 88 valence electrons. The van der Waals surface area contributed by atoms with Gasteiger partial charge < -0.3 is 5.73 Å². The molecule has 0 saturated carbocycles. The smallest absolute Gasteiger partial charge is 0.321 e. The first-order valence-corrected chi connectivity index (χ1v) is 4.71. The van der Waals surface area contributed by atoms with Crippen molar-refractivity contribution in [3.05, 3.63) is 34.9 Å². The number of benzene rings is 1. The minimum absolute atomic E-state index is 0.289.